The summed E-state index contributed by atoms with van der Waals surface area (Å²) in [5, 5.41) is 1.17. The van der Waals surface area contributed by atoms with Gasteiger partial charge < -0.3 is 4.74 Å². The molecule has 0 unspecified atom stereocenters. The van der Waals surface area contributed by atoms with Gasteiger partial charge in [-0.2, -0.15) is 0 Å². The number of hydrogen-bond donors (Lipinski definition) is 0. The highest BCUT2D eigenvalue weighted by Crippen LogP contribution is 2.19. The predicted octanol–water partition coefficient (Wildman–Crippen LogP) is 3.63. The molecule has 0 saturated heterocycles. The Kier molecular flexibility index (Phi) is 6.04. The average molecular weight is 348 g/mol. The topological polar surface area (TPSA) is 61.2 Å². The standard InChI is InChI=1S/C18H24N2O3S/c1-5-6-11-20-16(22)13-9-7-8-10-14(13)19-17(20)24-12-15(21)23-18(2,3)4/h7-10H,5-6,11-12H2,1-4H3. The average Bonchev–Trinajstić information content (AvgIpc) is 2.50. The summed E-state index contributed by atoms with van der Waals surface area (Å²) in [6.45, 7) is 8.18. The molecular weight excluding hydrogens is 324 g/mol. The molecule has 5 nitrogen and oxygen atoms in total. The van der Waals surface area contributed by atoms with E-state index >= 15 is 0 Å². The van der Waals surface area contributed by atoms with E-state index in [-0.39, 0.29) is 17.3 Å². The molecule has 2 rings (SSSR count). The number of aromatic nitrogens is 2. The molecule has 1 aromatic heterocycles. The summed E-state index contributed by atoms with van der Waals surface area (Å²) in [5.41, 5.74) is 0.0822. The van der Waals surface area contributed by atoms with Crippen molar-refractivity contribution < 1.29 is 9.53 Å². The van der Waals surface area contributed by atoms with Gasteiger partial charge in [0.2, 0.25) is 0 Å². The van der Waals surface area contributed by atoms with E-state index < -0.39 is 5.60 Å². The largest absolute Gasteiger partial charge is 0.459 e. The van der Waals surface area contributed by atoms with Crippen molar-refractivity contribution in [2.24, 2.45) is 0 Å². The van der Waals surface area contributed by atoms with Gasteiger partial charge in [0.15, 0.2) is 5.16 Å². The van der Waals surface area contributed by atoms with Crippen LogP contribution in [0.15, 0.2) is 34.2 Å². The van der Waals surface area contributed by atoms with E-state index in [2.05, 4.69) is 11.9 Å². The van der Waals surface area contributed by atoms with Crippen LogP contribution in [-0.4, -0.2) is 26.9 Å². The van der Waals surface area contributed by atoms with Crippen LogP contribution in [0.5, 0.6) is 0 Å². The number of esters is 1. The highest BCUT2D eigenvalue weighted by Gasteiger charge is 2.18. The second-order valence-corrected chi connectivity index (χ2v) is 7.54. The number of para-hydroxylation sites is 1. The van der Waals surface area contributed by atoms with Gasteiger partial charge in [-0.25, -0.2) is 4.98 Å². The van der Waals surface area contributed by atoms with E-state index in [0.717, 1.165) is 12.8 Å². The number of fused-ring (bicyclic) bond motifs is 1. The highest BCUT2D eigenvalue weighted by atomic mass is 32.2. The lowest BCUT2D eigenvalue weighted by Crippen LogP contribution is -2.26. The molecule has 0 spiro atoms. The van der Waals surface area contributed by atoms with Crippen LogP contribution in [0, 0.1) is 0 Å². The number of hydrogen-bond acceptors (Lipinski definition) is 5. The van der Waals surface area contributed by atoms with Crippen LogP contribution in [0.3, 0.4) is 0 Å². The van der Waals surface area contributed by atoms with Crippen LogP contribution >= 0.6 is 11.8 Å². The zero-order chi connectivity index (χ0) is 17.7. The summed E-state index contributed by atoms with van der Waals surface area (Å²) in [5.74, 6) is -0.175. The van der Waals surface area contributed by atoms with Crippen LogP contribution in [0.4, 0.5) is 0 Å². The molecule has 6 heteroatoms. The number of unbranched alkanes of at least 4 members (excludes halogenated alkanes) is 1. The van der Waals surface area contributed by atoms with Crippen molar-refractivity contribution in [2.75, 3.05) is 5.75 Å². The number of rotatable bonds is 6. The minimum atomic E-state index is -0.518. The lowest BCUT2D eigenvalue weighted by Gasteiger charge is -2.19. The molecule has 24 heavy (non-hydrogen) atoms. The Bertz CT molecular complexity index is 778. The van der Waals surface area contributed by atoms with Crippen LogP contribution in [0.2, 0.25) is 0 Å². The van der Waals surface area contributed by atoms with Crippen LogP contribution in [-0.2, 0) is 16.1 Å². The first-order chi connectivity index (χ1) is 11.3. The zero-order valence-electron chi connectivity index (χ0n) is 14.7. The quantitative estimate of drug-likeness (QED) is 0.453. The molecule has 0 fully saturated rings. The maximum absolute atomic E-state index is 12.7. The second kappa shape index (κ2) is 7.83. The molecule has 0 aliphatic heterocycles. The third-order valence-electron chi connectivity index (χ3n) is 3.30. The first kappa shape index (κ1) is 18.5. The van der Waals surface area contributed by atoms with E-state index in [1.807, 2.05) is 39.0 Å². The Balaban J connectivity index is 2.30. The summed E-state index contributed by atoms with van der Waals surface area (Å²) < 4.78 is 6.99. The Hall–Kier alpha value is -1.82. The van der Waals surface area contributed by atoms with E-state index in [1.54, 1.807) is 10.6 Å². The van der Waals surface area contributed by atoms with Gasteiger partial charge in [0.25, 0.3) is 5.56 Å². The number of benzene rings is 1. The van der Waals surface area contributed by atoms with E-state index in [1.165, 1.54) is 11.8 Å². The van der Waals surface area contributed by atoms with Gasteiger partial charge in [0, 0.05) is 6.54 Å². The third kappa shape index (κ3) is 4.84. The van der Waals surface area contributed by atoms with Crippen molar-refractivity contribution in [2.45, 2.75) is 57.8 Å². The Morgan fingerprint density at radius 1 is 1.29 bits per heavy atom. The van der Waals surface area contributed by atoms with Gasteiger partial charge in [0.1, 0.15) is 5.60 Å². The van der Waals surface area contributed by atoms with Gasteiger partial charge in [-0.05, 0) is 39.3 Å². The number of ether oxygens (including phenoxy) is 1. The van der Waals surface area contributed by atoms with Crippen molar-refractivity contribution in [1.82, 2.24) is 9.55 Å². The summed E-state index contributed by atoms with van der Waals surface area (Å²) in [4.78, 5) is 29.2. The lowest BCUT2D eigenvalue weighted by atomic mass is 10.2. The zero-order valence-corrected chi connectivity index (χ0v) is 15.5. The monoisotopic (exact) mass is 348 g/mol. The SMILES string of the molecule is CCCCn1c(SCC(=O)OC(C)(C)C)nc2ccccc2c1=O. The molecule has 130 valence electrons. The fourth-order valence-electron chi connectivity index (χ4n) is 2.27. The number of carbonyl (C=O) groups is 1. The molecule has 0 amide bonds. The normalized spacial score (nSPS) is 11.7. The molecule has 1 heterocycles. The van der Waals surface area contributed by atoms with Crippen molar-refractivity contribution in [3.05, 3.63) is 34.6 Å². The van der Waals surface area contributed by atoms with E-state index in [4.69, 9.17) is 4.74 Å². The Morgan fingerprint density at radius 3 is 2.67 bits per heavy atom. The van der Waals surface area contributed by atoms with Gasteiger partial charge >= 0.3 is 5.97 Å². The van der Waals surface area contributed by atoms with Gasteiger partial charge in [-0.3, -0.25) is 14.2 Å². The first-order valence-corrected chi connectivity index (χ1v) is 9.14. The smallest absolute Gasteiger partial charge is 0.316 e. The molecule has 0 bridgehead atoms. The van der Waals surface area contributed by atoms with E-state index in [0.29, 0.717) is 22.6 Å². The molecule has 0 radical (unpaired) electrons. The maximum Gasteiger partial charge on any atom is 0.316 e. The molecule has 0 aliphatic rings. The van der Waals surface area contributed by atoms with Gasteiger partial charge in [-0.1, -0.05) is 37.2 Å². The molecule has 0 saturated carbocycles. The van der Waals surface area contributed by atoms with Gasteiger partial charge in [0.05, 0.1) is 16.7 Å². The van der Waals surface area contributed by atoms with Crippen LogP contribution < -0.4 is 5.56 Å². The number of thioether (sulfide) groups is 1. The summed E-state index contributed by atoms with van der Waals surface area (Å²) in [6, 6.07) is 7.30. The van der Waals surface area contributed by atoms with Gasteiger partial charge in [-0.15, -0.1) is 0 Å². The van der Waals surface area contributed by atoms with Crippen molar-refractivity contribution >= 4 is 28.6 Å². The molecular formula is C18H24N2O3S. The fourth-order valence-corrected chi connectivity index (χ4v) is 3.06. The Morgan fingerprint density at radius 2 is 2.00 bits per heavy atom. The minimum absolute atomic E-state index is 0.0549. The minimum Gasteiger partial charge on any atom is -0.459 e. The van der Waals surface area contributed by atoms with Crippen LogP contribution in [0.25, 0.3) is 10.9 Å². The second-order valence-electron chi connectivity index (χ2n) is 6.60. The molecule has 0 N–H and O–H groups in total. The molecule has 1 aromatic carbocycles. The Labute approximate surface area is 146 Å². The lowest BCUT2D eigenvalue weighted by molar-refractivity contribution is -0.151. The highest BCUT2D eigenvalue weighted by molar-refractivity contribution is 7.99. The predicted molar refractivity (Wildman–Crippen MR) is 97.5 cm³/mol. The third-order valence-corrected chi connectivity index (χ3v) is 4.25. The maximum atomic E-state index is 12.7. The first-order valence-electron chi connectivity index (χ1n) is 8.16. The summed E-state index contributed by atoms with van der Waals surface area (Å²) in [6.07, 6.45) is 1.87. The molecule has 0 aliphatic carbocycles. The number of carbonyl (C=O) groups excluding carboxylic acids is 1. The number of nitrogens with zero attached hydrogens (tertiary/aromatic N) is 2. The molecule has 0 atom stereocenters. The van der Waals surface area contributed by atoms with Crippen molar-refractivity contribution in [1.29, 1.82) is 0 Å². The van der Waals surface area contributed by atoms with Crippen molar-refractivity contribution in [3.63, 3.8) is 0 Å². The summed E-state index contributed by atoms with van der Waals surface area (Å²) >= 11 is 1.25. The van der Waals surface area contributed by atoms with Crippen molar-refractivity contribution in [3.8, 4) is 0 Å². The van der Waals surface area contributed by atoms with Crippen LogP contribution in [0.1, 0.15) is 40.5 Å². The fraction of sp³-hybridized carbons (Fsp3) is 0.500. The summed E-state index contributed by atoms with van der Waals surface area (Å²) in [7, 11) is 0. The molecule has 2 aromatic rings. The van der Waals surface area contributed by atoms with E-state index in [9.17, 15) is 9.59 Å².